The van der Waals surface area contributed by atoms with Crippen molar-refractivity contribution in [1.82, 2.24) is 0 Å². The number of rotatable bonds is 2. The maximum atomic E-state index is 13.0. The van der Waals surface area contributed by atoms with E-state index >= 15 is 0 Å². The SMILES string of the molecule is N#Cc1cc(F)ccc1Nc1cccc(Cl)c1Br. The Hall–Kier alpha value is -1.57. The smallest absolute Gasteiger partial charge is 0.124 e. The maximum Gasteiger partial charge on any atom is 0.124 e. The number of anilines is 2. The number of hydrogen-bond donors (Lipinski definition) is 1. The zero-order valence-electron chi connectivity index (χ0n) is 9.05. The van der Waals surface area contributed by atoms with Crippen molar-refractivity contribution in [3.8, 4) is 6.07 Å². The van der Waals surface area contributed by atoms with E-state index in [0.29, 0.717) is 20.9 Å². The van der Waals surface area contributed by atoms with Crippen LogP contribution in [0.3, 0.4) is 0 Å². The lowest BCUT2D eigenvalue weighted by Gasteiger charge is -2.10. The van der Waals surface area contributed by atoms with Gasteiger partial charge in [0.1, 0.15) is 11.9 Å². The summed E-state index contributed by atoms with van der Waals surface area (Å²) >= 11 is 9.31. The molecule has 0 aliphatic carbocycles. The fourth-order valence-corrected chi connectivity index (χ4v) is 2.00. The van der Waals surface area contributed by atoms with Crippen LogP contribution < -0.4 is 5.32 Å². The van der Waals surface area contributed by atoms with E-state index in [1.807, 2.05) is 6.07 Å². The van der Waals surface area contributed by atoms with Gasteiger partial charge >= 0.3 is 0 Å². The fraction of sp³-hybridized carbons (Fsp3) is 0. The van der Waals surface area contributed by atoms with E-state index in [0.717, 1.165) is 0 Å². The molecule has 90 valence electrons. The monoisotopic (exact) mass is 324 g/mol. The molecule has 0 saturated heterocycles. The third-order valence-electron chi connectivity index (χ3n) is 2.32. The summed E-state index contributed by atoms with van der Waals surface area (Å²) in [6, 6.07) is 11.3. The molecule has 0 aliphatic rings. The van der Waals surface area contributed by atoms with E-state index in [1.165, 1.54) is 18.2 Å². The Morgan fingerprint density at radius 2 is 2.00 bits per heavy atom. The molecule has 18 heavy (non-hydrogen) atoms. The summed E-state index contributed by atoms with van der Waals surface area (Å²) in [7, 11) is 0. The molecule has 2 aromatic carbocycles. The molecule has 0 amide bonds. The molecule has 0 spiro atoms. The molecule has 0 atom stereocenters. The van der Waals surface area contributed by atoms with Crippen molar-refractivity contribution in [3.05, 3.63) is 57.3 Å². The highest BCUT2D eigenvalue weighted by Gasteiger charge is 2.07. The summed E-state index contributed by atoms with van der Waals surface area (Å²) in [6.45, 7) is 0. The molecule has 0 bridgehead atoms. The van der Waals surface area contributed by atoms with E-state index in [1.54, 1.807) is 18.2 Å². The maximum absolute atomic E-state index is 13.0. The lowest BCUT2D eigenvalue weighted by Crippen LogP contribution is -1.95. The predicted octanol–water partition coefficient (Wildman–Crippen LogP) is 4.86. The second kappa shape index (κ2) is 5.38. The van der Waals surface area contributed by atoms with Gasteiger partial charge in [0.25, 0.3) is 0 Å². The Bertz CT molecular complexity index is 637. The Morgan fingerprint density at radius 3 is 2.72 bits per heavy atom. The first-order valence-corrected chi connectivity index (χ1v) is 6.19. The first-order chi connectivity index (χ1) is 8.61. The van der Waals surface area contributed by atoms with Crippen LogP contribution in [0, 0.1) is 17.1 Å². The van der Waals surface area contributed by atoms with E-state index in [9.17, 15) is 4.39 Å². The normalized spacial score (nSPS) is 9.89. The largest absolute Gasteiger partial charge is 0.353 e. The number of hydrogen-bond acceptors (Lipinski definition) is 2. The average molecular weight is 326 g/mol. The summed E-state index contributed by atoms with van der Waals surface area (Å²) in [6.07, 6.45) is 0. The molecule has 2 aromatic rings. The molecular formula is C13H7BrClFN2. The number of benzene rings is 2. The lowest BCUT2D eigenvalue weighted by atomic mass is 10.2. The van der Waals surface area contributed by atoms with Gasteiger partial charge < -0.3 is 5.32 Å². The van der Waals surface area contributed by atoms with Gasteiger partial charge in [-0.2, -0.15) is 5.26 Å². The number of halogens is 3. The van der Waals surface area contributed by atoms with Crippen molar-refractivity contribution >= 4 is 38.9 Å². The van der Waals surface area contributed by atoms with Crippen LogP contribution in [0.4, 0.5) is 15.8 Å². The Labute approximate surface area is 117 Å². The first kappa shape index (κ1) is 12.9. The second-order valence-corrected chi connectivity index (χ2v) is 4.73. The van der Waals surface area contributed by atoms with E-state index in [4.69, 9.17) is 16.9 Å². The third-order valence-corrected chi connectivity index (χ3v) is 3.72. The van der Waals surface area contributed by atoms with Gasteiger partial charge in [0.15, 0.2) is 0 Å². The van der Waals surface area contributed by atoms with Crippen LogP contribution in [0.5, 0.6) is 0 Å². The van der Waals surface area contributed by atoms with Gasteiger partial charge in [-0.3, -0.25) is 0 Å². The predicted molar refractivity (Wildman–Crippen MR) is 73.5 cm³/mol. The van der Waals surface area contributed by atoms with Gasteiger partial charge in [-0.1, -0.05) is 17.7 Å². The van der Waals surface area contributed by atoms with Crippen molar-refractivity contribution in [3.63, 3.8) is 0 Å². The summed E-state index contributed by atoms with van der Waals surface area (Å²) < 4.78 is 13.7. The molecule has 0 fully saturated rings. The first-order valence-electron chi connectivity index (χ1n) is 5.02. The van der Waals surface area contributed by atoms with Crippen molar-refractivity contribution in [2.75, 3.05) is 5.32 Å². The van der Waals surface area contributed by atoms with Crippen LogP contribution in [0.2, 0.25) is 5.02 Å². The zero-order valence-corrected chi connectivity index (χ0v) is 11.4. The molecule has 0 aliphatic heterocycles. The van der Waals surface area contributed by atoms with Crippen molar-refractivity contribution in [2.45, 2.75) is 0 Å². The minimum absolute atomic E-state index is 0.238. The highest BCUT2D eigenvalue weighted by Crippen LogP contribution is 2.32. The highest BCUT2D eigenvalue weighted by atomic mass is 79.9. The summed E-state index contributed by atoms with van der Waals surface area (Å²) in [4.78, 5) is 0. The van der Waals surface area contributed by atoms with Gasteiger partial charge in [-0.25, -0.2) is 4.39 Å². The molecule has 0 heterocycles. The zero-order chi connectivity index (χ0) is 13.1. The fourth-order valence-electron chi connectivity index (χ4n) is 1.46. The number of nitrogens with one attached hydrogen (secondary N) is 1. The number of nitriles is 1. The van der Waals surface area contributed by atoms with Gasteiger partial charge in [0, 0.05) is 0 Å². The Kier molecular flexibility index (Phi) is 3.85. The number of nitrogens with zero attached hydrogens (tertiary/aromatic N) is 1. The van der Waals surface area contributed by atoms with Crippen molar-refractivity contribution < 1.29 is 4.39 Å². The molecule has 0 saturated carbocycles. The lowest BCUT2D eigenvalue weighted by molar-refractivity contribution is 0.627. The van der Waals surface area contributed by atoms with Gasteiger partial charge in [-0.05, 0) is 46.3 Å². The van der Waals surface area contributed by atoms with E-state index in [-0.39, 0.29) is 5.56 Å². The summed E-state index contributed by atoms with van der Waals surface area (Å²) in [5, 5.41) is 12.5. The van der Waals surface area contributed by atoms with E-state index in [2.05, 4.69) is 21.2 Å². The summed E-state index contributed by atoms with van der Waals surface area (Å²) in [5.74, 6) is -0.442. The van der Waals surface area contributed by atoms with Crippen molar-refractivity contribution in [2.24, 2.45) is 0 Å². The van der Waals surface area contributed by atoms with Crippen LogP contribution in [0.15, 0.2) is 40.9 Å². The van der Waals surface area contributed by atoms with Gasteiger partial charge in [-0.15, -0.1) is 0 Å². The van der Waals surface area contributed by atoms with Crippen LogP contribution in [0.1, 0.15) is 5.56 Å². The molecule has 2 nitrogen and oxygen atoms in total. The van der Waals surface area contributed by atoms with Gasteiger partial charge in [0.05, 0.1) is 26.4 Å². The van der Waals surface area contributed by atoms with Crippen molar-refractivity contribution in [1.29, 1.82) is 5.26 Å². The third kappa shape index (κ3) is 2.63. The van der Waals surface area contributed by atoms with E-state index < -0.39 is 5.82 Å². The van der Waals surface area contributed by atoms with Crippen LogP contribution in [-0.2, 0) is 0 Å². The average Bonchev–Trinajstić information content (AvgIpc) is 2.37. The Morgan fingerprint density at radius 1 is 1.22 bits per heavy atom. The van der Waals surface area contributed by atoms with Gasteiger partial charge in [0.2, 0.25) is 0 Å². The molecule has 1 N–H and O–H groups in total. The highest BCUT2D eigenvalue weighted by molar-refractivity contribution is 9.10. The molecule has 2 rings (SSSR count). The minimum Gasteiger partial charge on any atom is -0.353 e. The Balaban J connectivity index is 2.41. The molecule has 0 unspecified atom stereocenters. The van der Waals surface area contributed by atoms with Crippen LogP contribution in [-0.4, -0.2) is 0 Å². The topological polar surface area (TPSA) is 35.8 Å². The minimum atomic E-state index is -0.442. The molecule has 0 radical (unpaired) electrons. The van der Waals surface area contributed by atoms with Crippen LogP contribution in [0.25, 0.3) is 0 Å². The summed E-state index contributed by atoms with van der Waals surface area (Å²) in [5.41, 5.74) is 1.48. The second-order valence-electron chi connectivity index (χ2n) is 3.53. The standard InChI is InChI=1S/C13H7BrClFN2/c14-13-10(15)2-1-3-12(13)18-11-5-4-9(16)6-8(11)7-17/h1-6,18H. The molecule has 5 heteroatoms. The molecule has 0 aromatic heterocycles. The molecular weight excluding hydrogens is 319 g/mol. The van der Waals surface area contributed by atoms with Crippen LogP contribution >= 0.6 is 27.5 Å². The quantitative estimate of drug-likeness (QED) is 0.856.